The minimum absolute atomic E-state index is 0.0472. The Kier molecular flexibility index (Phi) is 5.87. The van der Waals surface area contributed by atoms with E-state index >= 15 is 0 Å². The molecule has 1 fully saturated rings. The fourth-order valence-corrected chi connectivity index (χ4v) is 3.03. The molecule has 2 aromatic carbocycles. The van der Waals surface area contributed by atoms with Gasteiger partial charge < -0.3 is 14.6 Å². The van der Waals surface area contributed by atoms with Crippen LogP contribution in [0, 0.1) is 0 Å². The average Bonchev–Trinajstić information content (AvgIpc) is 2.73. The zero-order valence-corrected chi connectivity index (χ0v) is 16.5. The monoisotopic (exact) mass is 408 g/mol. The fourth-order valence-electron chi connectivity index (χ4n) is 3.03. The first-order valence-electron chi connectivity index (χ1n) is 8.96. The Bertz CT molecular complexity index is 1060. The van der Waals surface area contributed by atoms with Crippen molar-refractivity contribution < 1.29 is 29.0 Å². The number of barbiturate groups is 1. The minimum atomic E-state index is -0.844. The van der Waals surface area contributed by atoms with Crippen LogP contribution in [0.4, 0.5) is 10.5 Å². The van der Waals surface area contributed by atoms with Gasteiger partial charge in [-0.1, -0.05) is 6.08 Å². The zero-order chi connectivity index (χ0) is 21.8. The molecule has 0 aromatic heterocycles. The third-order valence-corrected chi connectivity index (χ3v) is 4.50. The number of imide groups is 2. The van der Waals surface area contributed by atoms with Gasteiger partial charge in [0.2, 0.25) is 0 Å². The van der Waals surface area contributed by atoms with E-state index in [0.717, 1.165) is 4.90 Å². The summed E-state index contributed by atoms with van der Waals surface area (Å²) in [6, 6.07) is 8.53. The molecule has 1 saturated heterocycles. The topological polar surface area (TPSA) is 105 Å². The Hall–Kier alpha value is -4.07. The molecule has 30 heavy (non-hydrogen) atoms. The maximum absolute atomic E-state index is 13.0. The minimum Gasteiger partial charge on any atom is -0.504 e. The number of aromatic hydroxyl groups is 1. The fraction of sp³-hybridized carbons (Fsp3) is 0.136. The van der Waals surface area contributed by atoms with E-state index < -0.39 is 17.8 Å². The zero-order valence-electron chi connectivity index (χ0n) is 16.5. The summed E-state index contributed by atoms with van der Waals surface area (Å²) in [6.07, 6.45) is 3.30. The molecule has 8 heteroatoms. The van der Waals surface area contributed by atoms with Crippen molar-refractivity contribution in [2.24, 2.45) is 0 Å². The number of anilines is 1. The summed E-state index contributed by atoms with van der Waals surface area (Å²) < 4.78 is 10.3. The SMILES string of the molecule is C=CCc1cc(/C=C2/C(=O)NC(=O)N(c3ccc(OC)cc3)C2=O)cc(OC)c1O. The highest BCUT2D eigenvalue weighted by Crippen LogP contribution is 2.33. The predicted molar refractivity (Wildman–Crippen MR) is 111 cm³/mol. The van der Waals surface area contributed by atoms with Gasteiger partial charge in [-0.25, -0.2) is 9.69 Å². The Morgan fingerprint density at radius 2 is 1.80 bits per heavy atom. The highest BCUT2D eigenvalue weighted by molar-refractivity contribution is 6.39. The Morgan fingerprint density at radius 3 is 2.40 bits per heavy atom. The largest absolute Gasteiger partial charge is 0.504 e. The molecule has 0 spiro atoms. The second kappa shape index (κ2) is 8.52. The number of rotatable bonds is 6. The lowest BCUT2D eigenvalue weighted by atomic mass is 10.0. The van der Waals surface area contributed by atoms with Crippen molar-refractivity contribution in [2.45, 2.75) is 6.42 Å². The van der Waals surface area contributed by atoms with E-state index in [1.54, 1.807) is 24.3 Å². The molecule has 0 bridgehead atoms. The first-order chi connectivity index (χ1) is 14.4. The van der Waals surface area contributed by atoms with Gasteiger partial charge in [-0.2, -0.15) is 0 Å². The molecular weight excluding hydrogens is 388 g/mol. The van der Waals surface area contributed by atoms with Gasteiger partial charge in [0.25, 0.3) is 11.8 Å². The maximum Gasteiger partial charge on any atom is 0.335 e. The van der Waals surface area contributed by atoms with E-state index in [1.807, 2.05) is 0 Å². The summed E-state index contributed by atoms with van der Waals surface area (Å²) >= 11 is 0. The summed E-state index contributed by atoms with van der Waals surface area (Å²) in [5, 5.41) is 12.4. The van der Waals surface area contributed by atoms with Gasteiger partial charge in [0.05, 0.1) is 19.9 Å². The number of nitrogens with one attached hydrogen (secondary N) is 1. The molecule has 1 heterocycles. The number of carbonyl (C=O) groups excluding carboxylic acids is 3. The van der Waals surface area contributed by atoms with E-state index in [-0.39, 0.29) is 22.8 Å². The van der Waals surface area contributed by atoms with Crippen molar-refractivity contribution in [3.63, 3.8) is 0 Å². The van der Waals surface area contributed by atoms with Crippen molar-refractivity contribution in [3.8, 4) is 17.2 Å². The maximum atomic E-state index is 13.0. The number of ether oxygens (including phenoxy) is 2. The van der Waals surface area contributed by atoms with Crippen LogP contribution in [-0.4, -0.2) is 37.2 Å². The molecule has 1 aliphatic rings. The Labute approximate surface area is 173 Å². The highest BCUT2D eigenvalue weighted by Gasteiger charge is 2.36. The summed E-state index contributed by atoms with van der Waals surface area (Å²) in [6.45, 7) is 3.65. The van der Waals surface area contributed by atoms with Crippen molar-refractivity contribution in [1.82, 2.24) is 5.32 Å². The molecule has 8 nitrogen and oxygen atoms in total. The third-order valence-electron chi connectivity index (χ3n) is 4.50. The molecule has 0 radical (unpaired) electrons. The van der Waals surface area contributed by atoms with E-state index in [4.69, 9.17) is 9.47 Å². The number of urea groups is 1. The Morgan fingerprint density at radius 1 is 1.10 bits per heavy atom. The number of methoxy groups -OCH3 is 2. The van der Waals surface area contributed by atoms with Crippen LogP contribution in [-0.2, 0) is 16.0 Å². The summed E-state index contributed by atoms with van der Waals surface area (Å²) in [4.78, 5) is 38.5. The van der Waals surface area contributed by atoms with Crippen molar-refractivity contribution >= 4 is 29.6 Å². The van der Waals surface area contributed by atoms with Gasteiger partial charge in [0.1, 0.15) is 11.3 Å². The number of amides is 4. The van der Waals surface area contributed by atoms with E-state index in [9.17, 15) is 19.5 Å². The van der Waals surface area contributed by atoms with E-state index in [1.165, 1.54) is 38.5 Å². The molecule has 0 unspecified atom stereocenters. The van der Waals surface area contributed by atoms with Crippen LogP contribution < -0.4 is 19.7 Å². The second-order valence-electron chi connectivity index (χ2n) is 6.38. The second-order valence-corrected chi connectivity index (χ2v) is 6.38. The molecule has 1 aliphatic heterocycles. The number of nitrogens with zero attached hydrogens (tertiary/aromatic N) is 1. The van der Waals surface area contributed by atoms with Gasteiger partial charge in [-0.3, -0.25) is 14.9 Å². The van der Waals surface area contributed by atoms with Gasteiger partial charge in [0.15, 0.2) is 11.5 Å². The molecule has 0 aliphatic carbocycles. The number of phenols is 1. The smallest absolute Gasteiger partial charge is 0.335 e. The third kappa shape index (κ3) is 3.88. The van der Waals surface area contributed by atoms with Gasteiger partial charge >= 0.3 is 6.03 Å². The molecular formula is C22H20N2O6. The van der Waals surface area contributed by atoms with Crippen LogP contribution in [0.15, 0.2) is 54.6 Å². The number of phenolic OH excluding ortho intramolecular Hbond substituents is 1. The van der Waals surface area contributed by atoms with Crippen LogP contribution in [0.3, 0.4) is 0 Å². The molecule has 154 valence electrons. The summed E-state index contributed by atoms with van der Waals surface area (Å²) in [5.41, 5.74) is 1.02. The quantitative estimate of drug-likeness (QED) is 0.433. The van der Waals surface area contributed by atoms with Crippen LogP contribution in [0.5, 0.6) is 17.2 Å². The van der Waals surface area contributed by atoms with Crippen LogP contribution >= 0.6 is 0 Å². The van der Waals surface area contributed by atoms with E-state index in [0.29, 0.717) is 23.3 Å². The molecule has 2 N–H and O–H groups in total. The number of carbonyl (C=O) groups is 3. The van der Waals surface area contributed by atoms with Crippen molar-refractivity contribution in [2.75, 3.05) is 19.1 Å². The first-order valence-corrected chi connectivity index (χ1v) is 8.96. The lowest BCUT2D eigenvalue weighted by Gasteiger charge is -2.26. The normalized spacial score (nSPS) is 15.2. The van der Waals surface area contributed by atoms with Gasteiger partial charge in [-0.15, -0.1) is 6.58 Å². The summed E-state index contributed by atoms with van der Waals surface area (Å²) in [7, 11) is 2.89. The number of allylic oxidation sites excluding steroid dienone is 1. The molecule has 4 amide bonds. The molecule has 3 rings (SSSR count). The summed E-state index contributed by atoms with van der Waals surface area (Å²) in [5.74, 6) is -0.887. The molecule has 2 aromatic rings. The van der Waals surface area contributed by atoms with Gasteiger partial charge in [0, 0.05) is 5.56 Å². The van der Waals surface area contributed by atoms with Crippen molar-refractivity contribution in [1.29, 1.82) is 0 Å². The van der Waals surface area contributed by atoms with E-state index in [2.05, 4.69) is 11.9 Å². The van der Waals surface area contributed by atoms with Crippen molar-refractivity contribution in [3.05, 3.63) is 65.8 Å². The lowest BCUT2D eigenvalue weighted by Crippen LogP contribution is -2.54. The standard InChI is InChI=1S/C22H20N2O6/c1-4-5-14-10-13(12-18(30-3)19(14)25)11-17-20(26)23-22(28)24(21(17)27)15-6-8-16(29-2)9-7-15/h4,6-12,25H,1,5H2,2-3H3,(H,23,26,28)/b17-11-. The predicted octanol–water partition coefficient (Wildman–Crippen LogP) is 2.80. The highest BCUT2D eigenvalue weighted by atomic mass is 16.5. The van der Waals surface area contributed by atoms with Crippen LogP contribution in [0.1, 0.15) is 11.1 Å². The number of benzene rings is 2. The van der Waals surface area contributed by atoms with Gasteiger partial charge in [-0.05, 0) is 54.5 Å². The molecule has 0 atom stereocenters. The number of hydrogen-bond donors (Lipinski definition) is 2. The average molecular weight is 408 g/mol. The lowest BCUT2D eigenvalue weighted by molar-refractivity contribution is -0.122. The molecule has 0 saturated carbocycles. The van der Waals surface area contributed by atoms with Crippen LogP contribution in [0.2, 0.25) is 0 Å². The first kappa shape index (κ1) is 20.7. The number of hydrogen-bond acceptors (Lipinski definition) is 6. The Balaban J connectivity index is 2.04. The van der Waals surface area contributed by atoms with Crippen LogP contribution in [0.25, 0.3) is 6.08 Å².